The summed E-state index contributed by atoms with van der Waals surface area (Å²) in [6.07, 6.45) is 1.47. The second kappa shape index (κ2) is 6.99. The van der Waals surface area contributed by atoms with Gasteiger partial charge in [0.2, 0.25) is 0 Å². The third-order valence-corrected chi connectivity index (χ3v) is 2.65. The number of nitrogens with two attached hydrogens (primary N) is 2. The summed E-state index contributed by atoms with van der Waals surface area (Å²) in [7, 11) is 0. The van der Waals surface area contributed by atoms with E-state index in [9.17, 15) is 9.59 Å². The first-order valence-corrected chi connectivity index (χ1v) is 6.50. The summed E-state index contributed by atoms with van der Waals surface area (Å²) in [4.78, 5) is 22.0. The highest BCUT2D eigenvalue weighted by Gasteiger charge is 2.11. The third-order valence-electron chi connectivity index (χ3n) is 2.65. The Bertz CT molecular complexity index is 754. The van der Waals surface area contributed by atoms with Crippen molar-refractivity contribution in [3.63, 3.8) is 0 Å². The number of hydrogen-bond acceptors (Lipinski definition) is 6. The van der Waals surface area contributed by atoms with Crippen LogP contribution in [0, 0.1) is 0 Å². The lowest BCUT2D eigenvalue weighted by Gasteiger charge is -2.11. The Hall–Kier alpha value is -3.48. The van der Waals surface area contributed by atoms with E-state index in [4.69, 9.17) is 26.0 Å². The Labute approximate surface area is 131 Å². The zero-order valence-corrected chi connectivity index (χ0v) is 11.9. The second-order valence-electron chi connectivity index (χ2n) is 4.47. The van der Waals surface area contributed by atoms with Crippen LogP contribution in [-0.2, 0) is 9.59 Å². The van der Waals surface area contributed by atoms with Crippen LogP contribution in [0.1, 0.15) is 0 Å². The number of carboxylic acids is 1. The maximum Gasteiger partial charge on any atom is 0.336 e. The number of ether oxygens (including phenoxy) is 2. The van der Waals surface area contributed by atoms with Gasteiger partial charge in [-0.25, -0.2) is 9.59 Å². The molecule has 0 atom stereocenters. The van der Waals surface area contributed by atoms with Crippen LogP contribution in [0.4, 0.5) is 11.4 Å². The van der Waals surface area contributed by atoms with Crippen molar-refractivity contribution < 1.29 is 24.2 Å². The van der Waals surface area contributed by atoms with E-state index in [0.717, 1.165) is 6.08 Å². The van der Waals surface area contributed by atoms with Gasteiger partial charge in [0.15, 0.2) is 11.5 Å². The molecular weight excluding hydrogens is 300 g/mol. The zero-order valence-electron chi connectivity index (χ0n) is 11.9. The van der Waals surface area contributed by atoms with Gasteiger partial charge in [0.25, 0.3) is 0 Å². The molecule has 0 unspecified atom stereocenters. The molecule has 0 aliphatic heterocycles. The molecule has 0 spiro atoms. The van der Waals surface area contributed by atoms with Crippen LogP contribution in [0.5, 0.6) is 17.2 Å². The number of esters is 1. The van der Waals surface area contributed by atoms with Crippen LogP contribution in [0.15, 0.2) is 54.6 Å². The standard InChI is InChI=1S/C16H14N2O5/c17-10-1-4-12(5-2-10)22-13-6-3-11(18)9-14(13)23-16(21)8-7-15(19)20/h1-9H,17-18H2,(H,19,20)/b8-7-. The van der Waals surface area contributed by atoms with Crippen molar-refractivity contribution in [2.24, 2.45) is 0 Å². The fourth-order valence-electron chi connectivity index (χ4n) is 1.63. The molecule has 2 aromatic rings. The minimum atomic E-state index is -1.26. The van der Waals surface area contributed by atoms with E-state index in [1.807, 2.05) is 0 Å². The summed E-state index contributed by atoms with van der Waals surface area (Å²) in [5.74, 6) is -1.31. The number of hydrogen-bond donors (Lipinski definition) is 3. The number of aliphatic carboxylic acids is 1. The van der Waals surface area contributed by atoms with Gasteiger partial charge in [0.1, 0.15) is 5.75 Å². The molecule has 2 aromatic carbocycles. The number of rotatable bonds is 5. The summed E-state index contributed by atoms with van der Waals surface area (Å²) in [6, 6.07) is 11.1. The quantitative estimate of drug-likeness (QED) is 0.334. The lowest BCUT2D eigenvalue weighted by atomic mass is 10.2. The Balaban J connectivity index is 2.21. The number of carbonyl (C=O) groups is 2. The minimum Gasteiger partial charge on any atom is -0.478 e. The highest BCUT2D eigenvalue weighted by atomic mass is 16.6. The summed E-state index contributed by atoms with van der Waals surface area (Å²) < 4.78 is 10.7. The summed E-state index contributed by atoms with van der Waals surface area (Å²) in [6.45, 7) is 0. The molecule has 118 valence electrons. The van der Waals surface area contributed by atoms with Crippen LogP contribution in [0.2, 0.25) is 0 Å². The SMILES string of the molecule is Nc1ccc(Oc2ccc(N)cc2OC(=O)/C=C\C(=O)O)cc1. The molecule has 0 heterocycles. The van der Waals surface area contributed by atoms with Gasteiger partial charge in [0.05, 0.1) is 0 Å². The molecule has 0 bridgehead atoms. The highest BCUT2D eigenvalue weighted by molar-refractivity contribution is 5.92. The predicted octanol–water partition coefficient (Wildman–Crippen LogP) is 2.19. The Morgan fingerprint density at radius 2 is 1.57 bits per heavy atom. The molecule has 2 rings (SSSR count). The van der Waals surface area contributed by atoms with Crippen LogP contribution in [0.25, 0.3) is 0 Å². The Morgan fingerprint density at radius 1 is 0.913 bits per heavy atom. The summed E-state index contributed by atoms with van der Waals surface area (Å²) >= 11 is 0. The topological polar surface area (TPSA) is 125 Å². The first-order chi connectivity index (χ1) is 10.9. The molecule has 7 nitrogen and oxygen atoms in total. The minimum absolute atomic E-state index is 0.0712. The smallest absolute Gasteiger partial charge is 0.336 e. The highest BCUT2D eigenvalue weighted by Crippen LogP contribution is 2.33. The fourth-order valence-corrected chi connectivity index (χ4v) is 1.63. The van der Waals surface area contributed by atoms with E-state index < -0.39 is 11.9 Å². The van der Waals surface area contributed by atoms with Crippen molar-refractivity contribution in [3.8, 4) is 17.2 Å². The fraction of sp³-hybridized carbons (Fsp3) is 0. The lowest BCUT2D eigenvalue weighted by molar-refractivity contribution is -0.133. The maximum atomic E-state index is 11.6. The normalized spacial score (nSPS) is 10.4. The molecule has 5 N–H and O–H groups in total. The van der Waals surface area contributed by atoms with Crippen LogP contribution in [-0.4, -0.2) is 17.0 Å². The molecule has 0 saturated carbocycles. The van der Waals surface area contributed by atoms with Crippen LogP contribution >= 0.6 is 0 Å². The summed E-state index contributed by atoms with van der Waals surface area (Å²) in [5.41, 5.74) is 12.2. The Kier molecular flexibility index (Phi) is 4.83. The van der Waals surface area contributed by atoms with E-state index in [1.165, 1.54) is 12.1 Å². The average Bonchev–Trinajstić information content (AvgIpc) is 2.50. The van der Waals surface area contributed by atoms with Gasteiger partial charge in [-0.1, -0.05) is 0 Å². The molecule has 7 heteroatoms. The maximum absolute atomic E-state index is 11.6. The monoisotopic (exact) mass is 314 g/mol. The first kappa shape index (κ1) is 15.9. The van der Waals surface area contributed by atoms with Crippen molar-refractivity contribution in [2.45, 2.75) is 0 Å². The molecule has 0 aliphatic rings. The van der Waals surface area contributed by atoms with Gasteiger partial charge < -0.3 is 26.0 Å². The molecule has 0 radical (unpaired) electrons. The van der Waals surface area contributed by atoms with Gasteiger partial charge in [-0.2, -0.15) is 0 Å². The molecule has 23 heavy (non-hydrogen) atoms. The third kappa shape index (κ3) is 4.78. The van der Waals surface area contributed by atoms with Crippen LogP contribution < -0.4 is 20.9 Å². The molecule has 0 aliphatic carbocycles. The van der Waals surface area contributed by atoms with E-state index in [2.05, 4.69) is 0 Å². The summed E-state index contributed by atoms with van der Waals surface area (Å²) in [5, 5.41) is 8.49. The number of carbonyl (C=O) groups excluding carboxylic acids is 1. The van der Waals surface area contributed by atoms with E-state index in [0.29, 0.717) is 23.2 Å². The molecule has 0 fully saturated rings. The Morgan fingerprint density at radius 3 is 2.22 bits per heavy atom. The second-order valence-corrected chi connectivity index (χ2v) is 4.47. The predicted molar refractivity (Wildman–Crippen MR) is 84.2 cm³/mol. The number of anilines is 2. The van der Waals surface area contributed by atoms with E-state index in [-0.39, 0.29) is 11.5 Å². The van der Waals surface area contributed by atoms with Gasteiger partial charge in [0, 0.05) is 29.6 Å². The number of benzene rings is 2. The van der Waals surface area contributed by atoms with Gasteiger partial charge in [-0.3, -0.25) is 0 Å². The van der Waals surface area contributed by atoms with Gasteiger partial charge in [-0.15, -0.1) is 0 Å². The van der Waals surface area contributed by atoms with Crippen molar-refractivity contribution in [1.29, 1.82) is 0 Å². The number of carboxylic acid groups (broad SMARTS) is 1. The lowest BCUT2D eigenvalue weighted by Crippen LogP contribution is -2.06. The number of nitrogen functional groups attached to an aromatic ring is 2. The zero-order chi connectivity index (χ0) is 16.8. The van der Waals surface area contributed by atoms with E-state index in [1.54, 1.807) is 30.3 Å². The molecule has 0 aromatic heterocycles. The van der Waals surface area contributed by atoms with Crippen molar-refractivity contribution >= 4 is 23.3 Å². The largest absolute Gasteiger partial charge is 0.478 e. The van der Waals surface area contributed by atoms with Gasteiger partial charge in [-0.05, 0) is 36.4 Å². The molecule has 0 saturated heterocycles. The average molecular weight is 314 g/mol. The van der Waals surface area contributed by atoms with Crippen LogP contribution in [0.3, 0.4) is 0 Å². The van der Waals surface area contributed by atoms with E-state index >= 15 is 0 Å². The van der Waals surface area contributed by atoms with Crippen molar-refractivity contribution in [2.75, 3.05) is 11.5 Å². The van der Waals surface area contributed by atoms with Gasteiger partial charge >= 0.3 is 11.9 Å². The van der Waals surface area contributed by atoms with Crippen molar-refractivity contribution in [3.05, 3.63) is 54.6 Å². The first-order valence-electron chi connectivity index (χ1n) is 6.50. The van der Waals surface area contributed by atoms with Crippen molar-refractivity contribution in [1.82, 2.24) is 0 Å². The molecule has 0 amide bonds. The molecular formula is C16H14N2O5.